The molecule has 0 amide bonds. The molecule has 0 aromatic carbocycles. The van der Waals surface area contributed by atoms with Crippen LogP contribution in [0, 0.1) is 5.41 Å². The van der Waals surface area contributed by atoms with E-state index in [-0.39, 0.29) is 5.78 Å². The number of ketones is 1. The van der Waals surface area contributed by atoms with Gasteiger partial charge >= 0.3 is 0 Å². The summed E-state index contributed by atoms with van der Waals surface area (Å²) >= 11 is 0. The van der Waals surface area contributed by atoms with Gasteiger partial charge in [0.25, 0.3) is 0 Å². The van der Waals surface area contributed by atoms with Crippen molar-refractivity contribution in [2.45, 2.75) is 40.7 Å². The second kappa shape index (κ2) is 4.28. The Bertz CT molecular complexity index is 385. The van der Waals surface area contributed by atoms with E-state index in [0.29, 0.717) is 11.9 Å². The molecule has 4 heteroatoms. The lowest BCUT2D eigenvalue weighted by Gasteiger charge is -2.15. The third-order valence-corrected chi connectivity index (χ3v) is 2.20. The van der Waals surface area contributed by atoms with Gasteiger partial charge in [-0.15, -0.1) is 0 Å². The monoisotopic (exact) mass is 223 g/mol. The van der Waals surface area contributed by atoms with Crippen LogP contribution in [0.5, 0.6) is 0 Å². The quantitative estimate of drug-likeness (QED) is 0.801. The number of rotatable bonds is 3. The summed E-state index contributed by atoms with van der Waals surface area (Å²) in [6.45, 7) is 9.79. The normalized spacial score (nSPS) is 11.9. The molecule has 0 atom stereocenters. The van der Waals surface area contributed by atoms with Crippen LogP contribution < -0.4 is 5.32 Å². The maximum absolute atomic E-state index is 12.1. The fourth-order valence-electron chi connectivity index (χ4n) is 1.38. The van der Waals surface area contributed by atoms with E-state index in [4.69, 9.17) is 0 Å². The van der Waals surface area contributed by atoms with Gasteiger partial charge in [0.15, 0.2) is 5.82 Å². The number of aryl methyl sites for hydroxylation is 1. The first kappa shape index (κ1) is 12.7. The molecule has 1 N–H and O–H groups in total. The lowest BCUT2D eigenvalue weighted by atomic mass is 9.90. The Morgan fingerprint density at radius 2 is 2.00 bits per heavy atom. The van der Waals surface area contributed by atoms with Crippen LogP contribution in [0.15, 0.2) is 6.20 Å². The fourth-order valence-corrected chi connectivity index (χ4v) is 1.38. The number of Topliss-reactive ketones (excluding diaryl/α,β-unsaturated/α-hetero) is 1. The number of hydrogen-bond donors (Lipinski definition) is 1. The minimum atomic E-state index is -0.395. The Kier molecular flexibility index (Phi) is 3.41. The fraction of sp³-hybridized carbons (Fsp3) is 0.667. The molecule has 1 rings (SSSR count). The van der Waals surface area contributed by atoms with E-state index in [2.05, 4.69) is 10.3 Å². The molecular weight excluding hydrogens is 202 g/mol. The van der Waals surface area contributed by atoms with Crippen LogP contribution in [0.2, 0.25) is 0 Å². The Morgan fingerprint density at radius 3 is 2.44 bits per heavy atom. The summed E-state index contributed by atoms with van der Waals surface area (Å²) in [5.74, 6) is 1.33. The first-order chi connectivity index (χ1) is 7.21. The van der Waals surface area contributed by atoms with Crippen molar-refractivity contribution in [3.63, 3.8) is 0 Å². The number of nitrogens with zero attached hydrogens (tertiary/aromatic N) is 2. The third kappa shape index (κ3) is 2.84. The number of nitrogens with one attached hydrogen (secondary N) is 1. The average Bonchev–Trinajstić information content (AvgIpc) is 2.42. The molecular formula is C12H21N3O. The molecule has 0 aliphatic carbocycles. The van der Waals surface area contributed by atoms with Crippen LogP contribution in [0.1, 0.15) is 45.2 Å². The number of hydrogen-bond acceptors (Lipinski definition) is 3. The lowest BCUT2D eigenvalue weighted by Crippen LogP contribution is -2.23. The van der Waals surface area contributed by atoms with Gasteiger partial charge in [-0.2, -0.15) is 0 Å². The molecule has 1 aromatic heterocycles. The zero-order valence-electron chi connectivity index (χ0n) is 11.0. The van der Waals surface area contributed by atoms with Crippen LogP contribution >= 0.6 is 0 Å². The molecule has 1 aromatic rings. The zero-order chi connectivity index (χ0) is 12.5. The van der Waals surface area contributed by atoms with Crippen molar-refractivity contribution in [3.05, 3.63) is 12.0 Å². The van der Waals surface area contributed by atoms with E-state index in [1.165, 1.54) is 0 Å². The van der Waals surface area contributed by atoms with Crippen molar-refractivity contribution < 1.29 is 4.79 Å². The SMILES string of the molecule is CC(C)Nc1cn(C)c(C(=O)C(C)(C)C)n1. The molecule has 0 spiro atoms. The lowest BCUT2D eigenvalue weighted by molar-refractivity contribution is 0.0843. The van der Waals surface area contributed by atoms with Gasteiger partial charge < -0.3 is 9.88 Å². The van der Waals surface area contributed by atoms with Gasteiger partial charge in [-0.25, -0.2) is 4.98 Å². The second-order valence-corrected chi connectivity index (χ2v) is 5.44. The summed E-state index contributed by atoms with van der Waals surface area (Å²) in [5.41, 5.74) is -0.395. The van der Waals surface area contributed by atoms with Crippen LogP contribution in [0.3, 0.4) is 0 Å². The molecule has 0 saturated heterocycles. The molecule has 0 fully saturated rings. The Balaban J connectivity index is 2.98. The number of imidazole rings is 1. The van der Waals surface area contributed by atoms with Gasteiger partial charge in [-0.05, 0) is 13.8 Å². The summed E-state index contributed by atoms with van der Waals surface area (Å²) < 4.78 is 1.78. The van der Waals surface area contributed by atoms with Gasteiger partial charge in [-0.1, -0.05) is 20.8 Å². The van der Waals surface area contributed by atoms with Gasteiger partial charge in [-0.3, -0.25) is 4.79 Å². The Morgan fingerprint density at radius 1 is 1.44 bits per heavy atom. The summed E-state index contributed by atoms with van der Waals surface area (Å²) in [6.07, 6.45) is 1.85. The summed E-state index contributed by atoms with van der Waals surface area (Å²) in [7, 11) is 1.84. The summed E-state index contributed by atoms with van der Waals surface area (Å²) in [4.78, 5) is 16.4. The Labute approximate surface area is 97.1 Å². The standard InChI is InChI=1S/C12H21N3O/c1-8(2)13-9-7-15(6)11(14-9)10(16)12(3,4)5/h7-8,13H,1-6H3. The predicted octanol–water partition coefficient (Wildman–Crippen LogP) is 2.47. The molecule has 0 aliphatic rings. The molecule has 0 saturated carbocycles. The molecule has 4 nitrogen and oxygen atoms in total. The first-order valence-corrected chi connectivity index (χ1v) is 5.56. The minimum Gasteiger partial charge on any atom is -0.367 e. The van der Waals surface area contributed by atoms with Crippen molar-refractivity contribution in [3.8, 4) is 0 Å². The maximum atomic E-state index is 12.1. The average molecular weight is 223 g/mol. The predicted molar refractivity (Wildman–Crippen MR) is 65.8 cm³/mol. The smallest absolute Gasteiger partial charge is 0.203 e. The highest BCUT2D eigenvalue weighted by molar-refractivity contribution is 5.97. The molecule has 0 aliphatic heterocycles. The van der Waals surface area contributed by atoms with E-state index in [1.54, 1.807) is 4.57 Å². The topological polar surface area (TPSA) is 46.9 Å². The van der Waals surface area contributed by atoms with E-state index in [1.807, 2.05) is 47.9 Å². The van der Waals surface area contributed by atoms with Crippen LogP contribution in [0.25, 0.3) is 0 Å². The minimum absolute atomic E-state index is 0.0619. The number of carbonyl (C=O) groups is 1. The highest BCUT2D eigenvalue weighted by atomic mass is 16.1. The van der Waals surface area contributed by atoms with Crippen molar-refractivity contribution in [2.75, 3.05) is 5.32 Å². The first-order valence-electron chi connectivity index (χ1n) is 5.56. The van der Waals surface area contributed by atoms with E-state index >= 15 is 0 Å². The molecule has 0 radical (unpaired) electrons. The van der Waals surface area contributed by atoms with Crippen LogP contribution in [-0.2, 0) is 7.05 Å². The molecule has 90 valence electrons. The number of anilines is 1. The highest BCUT2D eigenvalue weighted by Gasteiger charge is 2.26. The molecule has 1 heterocycles. The number of carbonyl (C=O) groups excluding carboxylic acids is 1. The van der Waals surface area contributed by atoms with Crippen molar-refractivity contribution >= 4 is 11.6 Å². The van der Waals surface area contributed by atoms with E-state index in [0.717, 1.165) is 5.82 Å². The van der Waals surface area contributed by atoms with Crippen LogP contribution in [0.4, 0.5) is 5.82 Å². The van der Waals surface area contributed by atoms with E-state index < -0.39 is 5.41 Å². The van der Waals surface area contributed by atoms with E-state index in [9.17, 15) is 4.79 Å². The maximum Gasteiger partial charge on any atom is 0.203 e. The van der Waals surface area contributed by atoms with Gasteiger partial charge in [0.2, 0.25) is 5.78 Å². The molecule has 16 heavy (non-hydrogen) atoms. The van der Waals surface area contributed by atoms with Gasteiger partial charge in [0, 0.05) is 24.7 Å². The Hall–Kier alpha value is -1.32. The van der Waals surface area contributed by atoms with Crippen molar-refractivity contribution in [1.82, 2.24) is 9.55 Å². The molecule has 0 bridgehead atoms. The summed E-state index contributed by atoms with van der Waals surface area (Å²) in [6, 6.07) is 0.312. The highest BCUT2D eigenvalue weighted by Crippen LogP contribution is 2.21. The van der Waals surface area contributed by atoms with Crippen molar-refractivity contribution in [2.24, 2.45) is 12.5 Å². The van der Waals surface area contributed by atoms with Crippen molar-refractivity contribution in [1.29, 1.82) is 0 Å². The third-order valence-electron chi connectivity index (χ3n) is 2.20. The van der Waals surface area contributed by atoms with Crippen LogP contribution in [-0.4, -0.2) is 21.4 Å². The zero-order valence-corrected chi connectivity index (χ0v) is 11.0. The van der Waals surface area contributed by atoms with Gasteiger partial charge in [0.1, 0.15) is 5.82 Å². The molecule has 0 unspecified atom stereocenters. The largest absolute Gasteiger partial charge is 0.367 e. The van der Waals surface area contributed by atoms with Gasteiger partial charge in [0.05, 0.1) is 0 Å². The number of aromatic nitrogens is 2. The summed E-state index contributed by atoms with van der Waals surface area (Å²) in [5, 5.41) is 3.19. The second-order valence-electron chi connectivity index (χ2n) is 5.44.